The van der Waals surface area contributed by atoms with Gasteiger partial charge in [-0.15, -0.1) is 11.3 Å². The summed E-state index contributed by atoms with van der Waals surface area (Å²) in [5.74, 6) is 0. The summed E-state index contributed by atoms with van der Waals surface area (Å²) >= 11 is 1.75. The average Bonchev–Trinajstić information content (AvgIpc) is 3.17. The van der Waals surface area contributed by atoms with Crippen molar-refractivity contribution in [1.82, 2.24) is 0 Å². The lowest BCUT2D eigenvalue weighted by Gasteiger charge is -2.21. The number of hydrogen-bond donors (Lipinski definition) is 0. The van der Waals surface area contributed by atoms with E-state index in [1.54, 1.807) is 23.5 Å². The molecule has 0 unspecified atom stereocenters. The predicted molar refractivity (Wildman–Crippen MR) is 111 cm³/mol. The van der Waals surface area contributed by atoms with E-state index < -0.39 is 0 Å². The molecule has 5 rings (SSSR count). The molecular formula is C23H17NO2S. The van der Waals surface area contributed by atoms with Crippen LogP contribution in [0, 0.1) is 10.1 Å². The maximum absolute atomic E-state index is 11.5. The summed E-state index contributed by atoms with van der Waals surface area (Å²) in [6.07, 6.45) is 0. The van der Waals surface area contributed by atoms with E-state index in [0.29, 0.717) is 5.56 Å². The van der Waals surface area contributed by atoms with Crippen molar-refractivity contribution in [3.8, 4) is 21.6 Å². The molecule has 0 spiro atoms. The predicted octanol–water partition coefficient (Wildman–Crippen LogP) is 6.78. The Morgan fingerprint density at radius 2 is 1.52 bits per heavy atom. The van der Waals surface area contributed by atoms with Crippen LogP contribution in [0.2, 0.25) is 0 Å². The third-order valence-electron chi connectivity index (χ3n) is 5.58. The number of hydrogen-bond acceptors (Lipinski definition) is 3. The van der Waals surface area contributed by atoms with E-state index in [1.807, 2.05) is 24.3 Å². The van der Waals surface area contributed by atoms with Gasteiger partial charge in [0.05, 0.1) is 10.5 Å². The van der Waals surface area contributed by atoms with Crippen LogP contribution in [0.3, 0.4) is 0 Å². The van der Waals surface area contributed by atoms with Crippen LogP contribution in [0.15, 0.2) is 66.7 Å². The van der Waals surface area contributed by atoms with E-state index >= 15 is 0 Å². The number of fused-ring (bicyclic) bond motifs is 5. The minimum Gasteiger partial charge on any atom is -0.258 e. The van der Waals surface area contributed by atoms with E-state index in [9.17, 15) is 10.1 Å². The monoisotopic (exact) mass is 371 g/mol. The summed E-state index contributed by atoms with van der Waals surface area (Å²) in [7, 11) is 0. The highest BCUT2D eigenvalue weighted by Crippen LogP contribution is 2.56. The molecule has 0 radical (unpaired) electrons. The maximum atomic E-state index is 11.5. The van der Waals surface area contributed by atoms with Crippen LogP contribution in [0.4, 0.5) is 5.69 Å². The SMILES string of the molecule is CC1(C)c2ccccc2-c2sc3c(-c4ccccc4[N+](=O)[O-])cccc3c21. The minimum atomic E-state index is -0.297. The van der Waals surface area contributed by atoms with E-state index in [4.69, 9.17) is 0 Å². The number of nitro benzene ring substituents is 1. The molecule has 0 saturated heterocycles. The number of nitrogens with zero attached hydrogens (tertiary/aromatic N) is 1. The summed E-state index contributed by atoms with van der Waals surface area (Å²) in [5.41, 5.74) is 5.66. The summed E-state index contributed by atoms with van der Waals surface area (Å²) < 4.78 is 1.12. The van der Waals surface area contributed by atoms with Crippen molar-refractivity contribution in [2.75, 3.05) is 0 Å². The lowest BCUT2D eigenvalue weighted by molar-refractivity contribution is -0.384. The molecule has 3 nitrogen and oxygen atoms in total. The smallest absolute Gasteiger partial charge is 0.258 e. The van der Waals surface area contributed by atoms with Gasteiger partial charge in [-0.1, -0.05) is 68.4 Å². The van der Waals surface area contributed by atoms with Gasteiger partial charge < -0.3 is 0 Å². The average molecular weight is 371 g/mol. The van der Waals surface area contributed by atoms with Gasteiger partial charge in [0, 0.05) is 26.6 Å². The Kier molecular flexibility index (Phi) is 3.31. The van der Waals surface area contributed by atoms with E-state index in [2.05, 4.69) is 44.2 Å². The maximum Gasteiger partial charge on any atom is 0.277 e. The second kappa shape index (κ2) is 5.51. The van der Waals surface area contributed by atoms with Gasteiger partial charge in [-0.2, -0.15) is 0 Å². The van der Waals surface area contributed by atoms with Gasteiger partial charge in [-0.05, 0) is 28.1 Å². The highest BCUT2D eigenvalue weighted by atomic mass is 32.1. The Morgan fingerprint density at radius 1 is 0.852 bits per heavy atom. The zero-order valence-electron chi connectivity index (χ0n) is 15.0. The molecule has 4 heteroatoms. The quantitative estimate of drug-likeness (QED) is 0.288. The van der Waals surface area contributed by atoms with Crippen LogP contribution in [0.1, 0.15) is 25.0 Å². The van der Waals surface area contributed by atoms with Gasteiger partial charge in [0.1, 0.15) is 0 Å². The van der Waals surface area contributed by atoms with Crippen molar-refractivity contribution < 1.29 is 4.92 Å². The van der Waals surface area contributed by atoms with Crippen molar-refractivity contribution >= 4 is 27.1 Å². The van der Waals surface area contributed by atoms with E-state index in [-0.39, 0.29) is 16.0 Å². The summed E-state index contributed by atoms with van der Waals surface area (Å²) in [6, 6.07) is 21.7. The zero-order valence-corrected chi connectivity index (χ0v) is 15.8. The number of thiophene rings is 1. The van der Waals surface area contributed by atoms with Gasteiger partial charge >= 0.3 is 0 Å². The van der Waals surface area contributed by atoms with Crippen molar-refractivity contribution in [2.24, 2.45) is 0 Å². The molecule has 0 aliphatic heterocycles. The third kappa shape index (κ3) is 2.14. The molecule has 1 aromatic heterocycles. The van der Waals surface area contributed by atoms with Gasteiger partial charge in [-0.25, -0.2) is 0 Å². The van der Waals surface area contributed by atoms with Crippen LogP contribution >= 0.6 is 11.3 Å². The van der Waals surface area contributed by atoms with Crippen LogP contribution in [-0.2, 0) is 5.41 Å². The fraction of sp³-hybridized carbons (Fsp3) is 0.130. The van der Waals surface area contributed by atoms with Gasteiger partial charge in [0.15, 0.2) is 0 Å². The molecule has 132 valence electrons. The minimum absolute atomic E-state index is 0.0780. The normalized spacial score (nSPS) is 14.1. The fourth-order valence-electron chi connectivity index (χ4n) is 4.36. The van der Waals surface area contributed by atoms with E-state index in [0.717, 1.165) is 10.3 Å². The second-order valence-corrected chi connectivity index (χ2v) is 8.45. The summed E-state index contributed by atoms with van der Waals surface area (Å²) in [4.78, 5) is 12.5. The van der Waals surface area contributed by atoms with Crippen molar-refractivity contribution in [3.63, 3.8) is 0 Å². The third-order valence-corrected chi connectivity index (χ3v) is 6.85. The fourth-order valence-corrected chi connectivity index (χ4v) is 5.89. The Balaban J connectivity index is 1.86. The first-order valence-electron chi connectivity index (χ1n) is 8.90. The van der Waals surface area contributed by atoms with Crippen molar-refractivity contribution in [1.29, 1.82) is 0 Å². The Hall–Kier alpha value is -2.98. The zero-order chi connectivity index (χ0) is 18.8. The molecule has 3 aromatic carbocycles. The summed E-state index contributed by atoms with van der Waals surface area (Å²) in [6.45, 7) is 4.53. The molecule has 4 aromatic rings. The molecular weight excluding hydrogens is 354 g/mol. The number of para-hydroxylation sites is 1. The molecule has 0 atom stereocenters. The molecule has 0 fully saturated rings. The Bertz CT molecular complexity index is 1240. The topological polar surface area (TPSA) is 43.1 Å². The molecule has 0 saturated carbocycles. The standard InChI is InChI=1S/C23H17NO2S/c1-23(2)18-12-5-3-9-16(18)22-20(23)17-11-7-10-15(21(17)27-22)14-8-4-6-13-19(14)24(25)26/h3-13H,1-2H3. The molecule has 0 amide bonds. The first-order valence-corrected chi connectivity index (χ1v) is 9.71. The van der Waals surface area contributed by atoms with Crippen LogP contribution < -0.4 is 0 Å². The summed E-state index contributed by atoms with van der Waals surface area (Å²) in [5, 5.41) is 12.7. The highest BCUT2D eigenvalue weighted by Gasteiger charge is 2.38. The van der Waals surface area contributed by atoms with E-state index in [1.165, 1.54) is 27.0 Å². The van der Waals surface area contributed by atoms with Crippen molar-refractivity contribution in [2.45, 2.75) is 19.3 Å². The molecule has 1 aliphatic rings. The second-order valence-electron chi connectivity index (χ2n) is 7.43. The van der Waals surface area contributed by atoms with Gasteiger partial charge in [-0.3, -0.25) is 10.1 Å². The van der Waals surface area contributed by atoms with Gasteiger partial charge in [0.2, 0.25) is 0 Å². The van der Waals surface area contributed by atoms with Gasteiger partial charge in [0.25, 0.3) is 5.69 Å². The van der Waals surface area contributed by atoms with Crippen LogP contribution in [0.5, 0.6) is 0 Å². The largest absolute Gasteiger partial charge is 0.277 e. The first-order chi connectivity index (χ1) is 13.0. The number of benzene rings is 3. The molecule has 0 N–H and O–H groups in total. The van der Waals surface area contributed by atoms with Crippen LogP contribution in [0.25, 0.3) is 31.7 Å². The molecule has 1 aliphatic carbocycles. The molecule has 0 bridgehead atoms. The number of nitro groups is 1. The first kappa shape index (κ1) is 16.2. The highest BCUT2D eigenvalue weighted by molar-refractivity contribution is 7.23. The number of rotatable bonds is 2. The molecule has 27 heavy (non-hydrogen) atoms. The Labute approximate surface area is 161 Å². The Morgan fingerprint density at radius 3 is 2.30 bits per heavy atom. The molecule has 1 heterocycles. The lowest BCUT2D eigenvalue weighted by atomic mass is 9.81. The lowest BCUT2D eigenvalue weighted by Crippen LogP contribution is -2.14. The van der Waals surface area contributed by atoms with Crippen LogP contribution in [-0.4, -0.2) is 4.92 Å². The van der Waals surface area contributed by atoms with Crippen molar-refractivity contribution in [3.05, 3.63) is 88.0 Å².